The van der Waals surface area contributed by atoms with Crippen LogP contribution in [-0.2, 0) is 14.3 Å². The van der Waals surface area contributed by atoms with Crippen LogP contribution in [0.5, 0.6) is 0 Å². The minimum absolute atomic E-state index is 0.0430. The van der Waals surface area contributed by atoms with Crippen LogP contribution in [0.3, 0.4) is 0 Å². The van der Waals surface area contributed by atoms with E-state index in [1.165, 1.54) is 167 Å². The van der Waals surface area contributed by atoms with Crippen molar-refractivity contribution in [2.45, 2.75) is 283 Å². The topological polar surface area (TPSA) is 95.9 Å². The molecule has 0 rings (SSSR count). The normalized spacial score (nSPS) is 12.8. The van der Waals surface area contributed by atoms with E-state index in [2.05, 4.69) is 43.5 Å². The molecule has 0 aliphatic heterocycles. The molecule has 58 heavy (non-hydrogen) atoms. The van der Waals surface area contributed by atoms with Crippen molar-refractivity contribution >= 4 is 11.9 Å². The zero-order valence-corrected chi connectivity index (χ0v) is 38.8. The fourth-order valence-corrected chi connectivity index (χ4v) is 7.75. The summed E-state index contributed by atoms with van der Waals surface area (Å²) < 4.78 is 5.44. The fraction of sp³-hybridized carbons (Fsp3) is 0.885. The predicted molar refractivity (Wildman–Crippen MR) is 250 cm³/mol. The fourth-order valence-electron chi connectivity index (χ4n) is 7.75. The molecule has 0 bridgehead atoms. The number of carbonyl (C=O) groups is 2. The molecule has 0 aromatic rings. The molecule has 0 heterocycles. The van der Waals surface area contributed by atoms with Crippen LogP contribution in [0.15, 0.2) is 24.3 Å². The average Bonchev–Trinajstić information content (AvgIpc) is 3.22. The molecule has 0 fully saturated rings. The largest absolute Gasteiger partial charge is 0.466 e. The summed E-state index contributed by atoms with van der Waals surface area (Å²) in [7, 11) is 0. The van der Waals surface area contributed by atoms with E-state index in [0.29, 0.717) is 25.9 Å². The second kappa shape index (κ2) is 48.0. The summed E-state index contributed by atoms with van der Waals surface area (Å²) >= 11 is 0. The number of esters is 1. The molecule has 0 aromatic heterocycles. The number of unbranched alkanes of at least 4 members (excludes halogenated alkanes) is 32. The summed E-state index contributed by atoms with van der Waals surface area (Å²) in [5.74, 6) is -0.138. The Bertz CT molecular complexity index is 904. The lowest BCUT2D eigenvalue weighted by Crippen LogP contribution is -2.45. The summed E-state index contributed by atoms with van der Waals surface area (Å²) in [6, 6.07) is -0.579. The number of rotatable bonds is 47. The molecule has 2 unspecified atom stereocenters. The third-order valence-corrected chi connectivity index (χ3v) is 11.7. The first-order valence-corrected chi connectivity index (χ1v) is 25.6. The number of aliphatic hydroxyl groups is 2. The lowest BCUT2D eigenvalue weighted by molar-refractivity contribution is -0.143. The second-order valence-corrected chi connectivity index (χ2v) is 17.5. The van der Waals surface area contributed by atoms with Crippen molar-refractivity contribution in [1.29, 1.82) is 0 Å². The maximum atomic E-state index is 12.4. The van der Waals surface area contributed by atoms with E-state index in [1.54, 1.807) is 0 Å². The van der Waals surface area contributed by atoms with Gasteiger partial charge in [-0.3, -0.25) is 9.59 Å². The monoisotopic (exact) mass is 818 g/mol. The SMILES string of the molecule is CCCCCCCCC/C=C\CCCCCCCC(=O)OCCCCCC/C=C\CCCC(=O)NC(CO)C(O)CCCCCCCCCCCCCCCCCC. The van der Waals surface area contributed by atoms with E-state index >= 15 is 0 Å². The summed E-state index contributed by atoms with van der Waals surface area (Å²) in [6.45, 7) is 4.86. The van der Waals surface area contributed by atoms with Crippen molar-refractivity contribution in [1.82, 2.24) is 5.32 Å². The zero-order chi connectivity index (χ0) is 42.3. The Morgan fingerprint density at radius 1 is 0.466 bits per heavy atom. The van der Waals surface area contributed by atoms with Gasteiger partial charge in [-0.1, -0.05) is 212 Å². The van der Waals surface area contributed by atoms with Crippen LogP contribution >= 0.6 is 0 Å². The lowest BCUT2D eigenvalue weighted by atomic mass is 10.0. The van der Waals surface area contributed by atoms with Gasteiger partial charge in [0.2, 0.25) is 5.91 Å². The number of ether oxygens (including phenoxy) is 1. The molecule has 0 aromatic carbocycles. The first kappa shape index (κ1) is 56.3. The Hall–Kier alpha value is -1.66. The highest BCUT2D eigenvalue weighted by molar-refractivity contribution is 5.76. The molecule has 2 atom stereocenters. The second-order valence-electron chi connectivity index (χ2n) is 17.5. The van der Waals surface area contributed by atoms with Gasteiger partial charge in [0.25, 0.3) is 0 Å². The van der Waals surface area contributed by atoms with Crippen molar-refractivity contribution in [3.63, 3.8) is 0 Å². The van der Waals surface area contributed by atoms with Crippen molar-refractivity contribution in [2.24, 2.45) is 0 Å². The van der Waals surface area contributed by atoms with Crippen molar-refractivity contribution < 1.29 is 24.5 Å². The Kier molecular flexibility index (Phi) is 46.6. The van der Waals surface area contributed by atoms with Gasteiger partial charge >= 0.3 is 5.97 Å². The quantitative estimate of drug-likeness (QED) is 0.0323. The molecule has 0 aliphatic carbocycles. The third kappa shape index (κ3) is 43.9. The van der Waals surface area contributed by atoms with E-state index in [0.717, 1.165) is 70.6 Å². The highest BCUT2D eigenvalue weighted by Crippen LogP contribution is 2.16. The van der Waals surface area contributed by atoms with Crippen LogP contribution in [-0.4, -0.2) is 47.4 Å². The number of allylic oxidation sites excluding steroid dienone is 4. The first-order valence-electron chi connectivity index (χ1n) is 25.6. The van der Waals surface area contributed by atoms with Gasteiger partial charge in [0.15, 0.2) is 0 Å². The molecule has 342 valence electrons. The summed E-state index contributed by atoms with van der Waals surface area (Å²) in [5, 5.41) is 23.2. The molecule has 0 saturated carbocycles. The van der Waals surface area contributed by atoms with Gasteiger partial charge in [-0.05, 0) is 70.6 Å². The van der Waals surface area contributed by atoms with Gasteiger partial charge in [-0.15, -0.1) is 0 Å². The molecule has 0 aliphatic rings. The van der Waals surface area contributed by atoms with E-state index < -0.39 is 12.1 Å². The van der Waals surface area contributed by atoms with Crippen molar-refractivity contribution in [3.8, 4) is 0 Å². The standard InChI is InChI=1S/C52H99NO5/c1-3-5-7-9-11-13-15-17-19-21-23-25-28-32-36-40-44-50(55)49(48-54)53-51(56)45-41-37-33-29-27-31-35-39-43-47-58-52(57)46-42-38-34-30-26-24-22-20-18-16-14-12-10-8-6-4-2/h20,22,29,33,49-50,54-55H,3-19,21,23-28,30-32,34-48H2,1-2H3,(H,53,56)/b22-20-,33-29-. The number of amides is 1. The Morgan fingerprint density at radius 3 is 1.26 bits per heavy atom. The van der Waals surface area contributed by atoms with Crippen LogP contribution in [0.25, 0.3) is 0 Å². The van der Waals surface area contributed by atoms with E-state index in [-0.39, 0.29) is 18.5 Å². The Balaban J connectivity index is 3.54. The maximum absolute atomic E-state index is 12.4. The number of hydrogen-bond acceptors (Lipinski definition) is 5. The number of hydrogen-bond donors (Lipinski definition) is 3. The minimum atomic E-state index is -0.695. The summed E-state index contributed by atoms with van der Waals surface area (Å²) in [6.07, 6.45) is 55.8. The van der Waals surface area contributed by atoms with Crippen LogP contribution in [0.4, 0.5) is 0 Å². The van der Waals surface area contributed by atoms with E-state index in [4.69, 9.17) is 4.74 Å². The highest BCUT2D eigenvalue weighted by atomic mass is 16.5. The molecule has 0 spiro atoms. The average molecular weight is 818 g/mol. The van der Waals surface area contributed by atoms with Crippen LogP contribution in [0.1, 0.15) is 271 Å². The molecular formula is C52H99NO5. The van der Waals surface area contributed by atoms with Gasteiger partial charge in [-0.25, -0.2) is 0 Å². The summed E-state index contributed by atoms with van der Waals surface area (Å²) in [4.78, 5) is 24.5. The minimum Gasteiger partial charge on any atom is -0.466 e. The van der Waals surface area contributed by atoms with Crippen LogP contribution < -0.4 is 5.32 Å². The van der Waals surface area contributed by atoms with E-state index in [1.807, 2.05) is 0 Å². The molecule has 6 nitrogen and oxygen atoms in total. The molecule has 1 amide bonds. The van der Waals surface area contributed by atoms with Gasteiger partial charge in [-0.2, -0.15) is 0 Å². The predicted octanol–water partition coefficient (Wildman–Crippen LogP) is 15.1. The number of nitrogens with one attached hydrogen (secondary N) is 1. The molecular weight excluding hydrogens is 719 g/mol. The lowest BCUT2D eigenvalue weighted by Gasteiger charge is -2.22. The zero-order valence-electron chi connectivity index (χ0n) is 38.8. The van der Waals surface area contributed by atoms with E-state index in [9.17, 15) is 19.8 Å². The number of carbonyl (C=O) groups excluding carboxylic acids is 2. The van der Waals surface area contributed by atoms with Crippen LogP contribution in [0.2, 0.25) is 0 Å². The molecule has 0 radical (unpaired) electrons. The van der Waals surface area contributed by atoms with Gasteiger partial charge in [0.05, 0.1) is 25.4 Å². The third-order valence-electron chi connectivity index (χ3n) is 11.7. The molecule has 6 heteroatoms. The molecule has 0 saturated heterocycles. The van der Waals surface area contributed by atoms with Crippen molar-refractivity contribution in [2.75, 3.05) is 13.2 Å². The Labute approximate surface area is 361 Å². The smallest absolute Gasteiger partial charge is 0.305 e. The van der Waals surface area contributed by atoms with Crippen LogP contribution in [0, 0.1) is 0 Å². The number of aliphatic hydroxyl groups excluding tert-OH is 2. The van der Waals surface area contributed by atoms with Gasteiger partial charge in [0.1, 0.15) is 0 Å². The highest BCUT2D eigenvalue weighted by Gasteiger charge is 2.20. The maximum Gasteiger partial charge on any atom is 0.305 e. The first-order chi connectivity index (χ1) is 28.5. The van der Waals surface area contributed by atoms with Gasteiger partial charge < -0.3 is 20.3 Å². The summed E-state index contributed by atoms with van der Waals surface area (Å²) in [5.41, 5.74) is 0. The Morgan fingerprint density at radius 2 is 0.828 bits per heavy atom. The van der Waals surface area contributed by atoms with Gasteiger partial charge in [0, 0.05) is 12.8 Å². The van der Waals surface area contributed by atoms with Crippen molar-refractivity contribution in [3.05, 3.63) is 24.3 Å². The molecule has 3 N–H and O–H groups in total.